The number of thioether (sulfide) groups is 1. The van der Waals surface area contributed by atoms with E-state index in [9.17, 15) is 4.79 Å². The van der Waals surface area contributed by atoms with Crippen LogP contribution in [0.1, 0.15) is 12.7 Å². The average molecular weight is 230 g/mol. The van der Waals surface area contributed by atoms with Crippen molar-refractivity contribution in [2.24, 2.45) is 0 Å². The predicted octanol–water partition coefficient (Wildman–Crippen LogP) is 1.97. The maximum absolute atomic E-state index is 10.3. The summed E-state index contributed by atoms with van der Waals surface area (Å²) in [5.74, 6) is 0.495. The van der Waals surface area contributed by atoms with Gasteiger partial charge < -0.3 is 5.11 Å². The predicted molar refractivity (Wildman–Crippen MR) is 56.8 cm³/mol. The molecule has 0 aromatic carbocycles. The number of carboxylic acid groups (broad SMARTS) is 1. The summed E-state index contributed by atoms with van der Waals surface area (Å²) in [4.78, 5) is 14.5. The second-order valence-electron chi connectivity index (χ2n) is 2.73. The first-order valence-electron chi connectivity index (χ1n) is 3.91. The summed E-state index contributed by atoms with van der Waals surface area (Å²) in [7, 11) is 0. The van der Waals surface area contributed by atoms with Crippen molar-refractivity contribution in [1.29, 1.82) is 0 Å². The van der Waals surface area contributed by atoms with Gasteiger partial charge in [-0.15, -0.1) is 0 Å². The molecule has 0 aliphatic carbocycles. The lowest BCUT2D eigenvalue weighted by molar-refractivity contribution is -0.131. The Morgan fingerprint density at radius 2 is 2.43 bits per heavy atom. The number of hydrogen-bond donors (Lipinski definition) is 1. The summed E-state index contributed by atoms with van der Waals surface area (Å²) in [5, 5.41) is 8.47. The molecular weight excluding hydrogens is 220 g/mol. The maximum atomic E-state index is 10.3. The maximum Gasteiger partial charge on any atom is 0.328 e. The molecule has 1 N–H and O–H groups in total. The van der Waals surface area contributed by atoms with E-state index >= 15 is 0 Å². The molecule has 0 radical (unpaired) electrons. The molecule has 0 bridgehead atoms. The van der Waals surface area contributed by atoms with Crippen LogP contribution in [-0.2, 0) is 4.79 Å². The molecule has 0 unspecified atom stereocenters. The quantitative estimate of drug-likeness (QED) is 0.633. The average Bonchev–Trinajstić information content (AvgIpc) is 2.47. The van der Waals surface area contributed by atoms with Crippen LogP contribution in [0.2, 0.25) is 0 Å². The van der Waals surface area contributed by atoms with Gasteiger partial charge in [0.05, 0.1) is 0 Å². The van der Waals surface area contributed by atoms with Gasteiger partial charge in [-0.25, -0.2) is 9.78 Å². The minimum Gasteiger partial charge on any atom is -0.478 e. The molecule has 0 aliphatic rings. The molecule has 1 aromatic rings. The molecule has 0 saturated heterocycles. The number of aryl methyl sites for hydroxylation is 1. The van der Waals surface area contributed by atoms with E-state index in [2.05, 4.69) is 9.36 Å². The molecule has 0 fully saturated rings. The third kappa shape index (κ3) is 3.89. The molecule has 6 heteroatoms. The number of rotatable bonds is 4. The van der Waals surface area contributed by atoms with E-state index in [4.69, 9.17) is 5.11 Å². The molecule has 0 spiro atoms. The highest BCUT2D eigenvalue weighted by atomic mass is 32.2. The van der Waals surface area contributed by atoms with Crippen molar-refractivity contribution >= 4 is 29.3 Å². The first-order chi connectivity index (χ1) is 6.58. The number of hydrogen-bond acceptors (Lipinski definition) is 5. The molecule has 0 atom stereocenters. The van der Waals surface area contributed by atoms with Gasteiger partial charge in [-0.1, -0.05) is 17.3 Å². The second kappa shape index (κ2) is 5.11. The first-order valence-corrected chi connectivity index (χ1v) is 5.67. The zero-order valence-corrected chi connectivity index (χ0v) is 9.48. The largest absolute Gasteiger partial charge is 0.478 e. The molecule has 1 heterocycles. The van der Waals surface area contributed by atoms with Crippen molar-refractivity contribution in [2.45, 2.75) is 18.2 Å². The highest BCUT2D eigenvalue weighted by molar-refractivity contribution is 8.01. The second-order valence-corrected chi connectivity index (χ2v) is 4.70. The van der Waals surface area contributed by atoms with E-state index < -0.39 is 5.97 Å². The number of nitrogens with zero attached hydrogens (tertiary/aromatic N) is 2. The van der Waals surface area contributed by atoms with Gasteiger partial charge in [0.15, 0.2) is 4.34 Å². The normalized spacial score (nSPS) is 11.7. The summed E-state index contributed by atoms with van der Waals surface area (Å²) >= 11 is 2.84. The Bertz CT molecular complexity index is 360. The van der Waals surface area contributed by atoms with Gasteiger partial charge in [-0.2, -0.15) is 4.37 Å². The van der Waals surface area contributed by atoms with E-state index in [0.717, 1.165) is 15.7 Å². The Hall–Kier alpha value is -0.880. The number of carboxylic acids is 1. The van der Waals surface area contributed by atoms with Crippen LogP contribution in [0.25, 0.3) is 0 Å². The van der Waals surface area contributed by atoms with Crippen LogP contribution in [-0.4, -0.2) is 26.2 Å². The number of carbonyl (C=O) groups is 1. The van der Waals surface area contributed by atoms with E-state index in [1.54, 1.807) is 6.92 Å². The van der Waals surface area contributed by atoms with Crippen molar-refractivity contribution in [3.05, 3.63) is 17.5 Å². The summed E-state index contributed by atoms with van der Waals surface area (Å²) in [6.45, 7) is 3.62. The van der Waals surface area contributed by atoms with Crippen LogP contribution in [0.3, 0.4) is 0 Å². The first kappa shape index (κ1) is 11.2. The zero-order valence-electron chi connectivity index (χ0n) is 7.85. The minimum absolute atomic E-state index is 0.640. The van der Waals surface area contributed by atoms with Crippen LogP contribution in [0.15, 0.2) is 16.0 Å². The Balaban J connectivity index is 2.45. The third-order valence-electron chi connectivity index (χ3n) is 1.30. The fourth-order valence-electron chi connectivity index (χ4n) is 0.765. The fourth-order valence-corrected chi connectivity index (χ4v) is 2.32. The van der Waals surface area contributed by atoms with Crippen LogP contribution >= 0.6 is 23.3 Å². The van der Waals surface area contributed by atoms with Gasteiger partial charge >= 0.3 is 5.97 Å². The minimum atomic E-state index is -0.906. The monoisotopic (exact) mass is 230 g/mol. The van der Waals surface area contributed by atoms with Gasteiger partial charge in [0.25, 0.3) is 0 Å². The van der Waals surface area contributed by atoms with Gasteiger partial charge in [-0.3, -0.25) is 0 Å². The van der Waals surface area contributed by atoms with Crippen molar-refractivity contribution < 1.29 is 9.90 Å². The Morgan fingerprint density at radius 3 is 2.93 bits per heavy atom. The van der Waals surface area contributed by atoms with E-state index in [1.807, 2.05) is 6.92 Å². The Labute approximate surface area is 90.2 Å². The van der Waals surface area contributed by atoms with E-state index in [-0.39, 0.29) is 0 Å². The lowest BCUT2D eigenvalue weighted by Crippen LogP contribution is -1.91. The molecule has 76 valence electrons. The highest BCUT2D eigenvalue weighted by Crippen LogP contribution is 2.21. The number of aliphatic carboxylic acids is 1. The smallest absolute Gasteiger partial charge is 0.328 e. The lowest BCUT2D eigenvalue weighted by atomic mass is 10.3. The Kier molecular flexibility index (Phi) is 4.09. The number of aromatic nitrogens is 2. The van der Waals surface area contributed by atoms with E-state index in [1.165, 1.54) is 29.4 Å². The fraction of sp³-hybridized carbons (Fsp3) is 0.375. The van der Waals surface area contributed by atoms with Gasteiger partial charge in [0, 0.05) is 11.8 Å². The SMILES string of the molecule is CC(=CC(=O)O)CSc1nc(C)ns1. The molecule has 0 saturated carbocycles. The van der Waals surface area contributed by atoms with Crippen LogP contribution in [0.5, 0.6) is 0 Å². The van der Waals surface area contributed by atoms with Crippen LogP contribution in [0, 0.1) is 6.92 Å². The summed E-state index contributed by atoms with van der Waals surface area (Å²) in [6, 6.07) is 0. The van der Waals surface area contributed by atoms with Crippen molar-refractivity contribution in [3.63, 3.8) is 0 Å². The molecule has 0 aliphatic heterocycles. The van der Waals surface area contributed by atoms with Crippen LogP contribution in [0.4, 0.5) is 0 Å². The van der Waals surface area contributed by atoms with Crippen LogP contribution < -0.4 is 0 Å². The molecule has 1 aromatic heterocycles. The molecule has 4 nitrogen and oxygen atoms in total. The van der Waals surface area contributed by atoms with Crippen molar-refractivity contribution in [2.75, 3.05) is 5.75 Å². The summed E-state index contributed by atoms with van der Waals surface area (Å²) in [5.41, 5.74) is 0.815. The zero-order chi connectivity index (χ0) is 10.6. The van der Waals surface area contributed by atoms with Crippen molar-refractivity contribution in [3.8, 4) is 0 Å². The molecule has 0 amide bonds. The molecule has 14 heavy (non-hydrogen) atoms. The molecule has 1 rings (SSSR count). The topological polar surface area (TPSA) is 63.1 Å². The summed E-state index contributed by atoms with van der Waals surface area (Å²) in [6.07, 6.45) is 1.21. The highest BCUT2D eigenvalue weighted by Gasteiger charge is 2.01. The van der Waals surface area contributed by atoms with Crippen molar-refractivity contribution in [1.82, 2.24) is 9.36 Å². The lowest BCUT2D eigenvalue weighted by Gasteiger charge is -1.95. The van der Waals surface area contributed by atoms with E-state index in [0.29, 0.717) is 5.75 Å². The Morgan fingerprint density at radius 1 is 1.71 bits per heavy atom. The third-order valence-corrected chi connectivity index (χ3v) is 3.42. The van der Waals surface area contributed by atoms with Gasteiger partial charge in [0.1, 0.15) is 5.82 Å². The standard InChI is InChI=1S/C8H10N2O2S2/c1-5(3-7(11)12)4-13-8-9-6(2)10-14-8/h3H,4H2,1-2H3,(H,11,12). The molecular formula is C8H10N2O2S2. The summed E-state index contributed by atoms with van der Waals surface area (Å²) < 4.78 is 4.91. The van der Waals surface area contributed by atoms with Gasteiger partial charge in [-0.05, 0) is 25.4 Å². The van der Waals surface area contributed by atoms with Gasteiger partial charge in [0.2, 0.25) is 0 Å².